The Kier molecular flexibility index (Phi) is 7.28. The third-order valence-corrected chi connectivity index (χ3v) is 7.23. The molecule has 1 amide bonds. The van der Waals surface area contributed by atoms with Gasteiger partial charge in [-0.15, -0.1) is 0 Å². The van der Waals surface area contributed by atoms with Gasteiger partial charge in [-0.3, -0.25) is 18.8 Å². The van der Waals surface area contributed by atoms with E-state index in [1.807, 2.05) is 53.4 Å². The minimum atomic E-state index is -0.515. The Morgan fingerprint density at radius 2 is 1.37 bits per heavy atom. The zero-order valence-corrected chi connectivity index (χ0v) is 22.3. The summed E-state index contributed by atoms with van der Waals surface area (Å²) in [6.45, 7) is 2.86. The minimum Gasteiger partial charge on any atom is -0.472 e. The van der Waals surface area contributed by atoms with Crippen molar-refractivity contribution >= 4 is 23.0 Å². The second-order valence-corrected chi connectivity index (χ2v) is 9.82. The number of fused-ring (bicyclic) bond motifs is 1. The van der Waals surface area contributed by atoms with Crippen molar-refractivity contribution in [2.45, 2.75) is 6.61 Å². The van der Waals surface area contributed by atoms with Gasteiger partial charge in [-0.1, -0.05) is 66.7 Å². The van der Waals surface area contributed by atoms with E-state index in [1.54, 1.807) is 48.7 Å². The number of hydrogen-bond donors (Lipinski definition) is 0. The summed E-state index contributed by atoms with van der Waals surface area (Å²) in [5, 5.41) is 0. The lowest BCUT2D eigenvalue weighted by Gasteiger charge is -2.36. The van der Waals surface area contributed by atoms with Gasteiger partial charge in [0.15, 0.2) is 5.56 Å². The van der Waals surface area contributed by atoms with Crippen LogP contribution in [0.5, 0.6) is 5.88 Å². The first-order chi connectivity index (χ1) is 20.1. The maximum atomic E-state index is 13.7. The molecule has 0 radical (unpaired) electrons. The molecule has 0 aliphatic carbocycles. The molecular weight excluding hydrogens is 516 g/mol. The van der Waals surface area contributed by atoms with Gasteiger partial charge in [0.25, 0.3) is 11.5 Å². The fraction of sp³-hybridized carbons (Fsp3) is 0.152. The van der Waals surface area contributed by atoms with Crippen LogP contribution in [-0.4, -0.2) is 52.2 Å². The van der Waals surface area contributed by atoms with Gasteiger partial charge in [0.05, 0.1) is 0 Å². The van der Waals surface area contributed by atoms with Crippen molar-refractivity contribution in [2.24, 2.45) is 0 Å². The summed E-state index contributed by atoms with van der Waals surface area (Å²) in [7, 11) is 0. The number of pyridine rings is 1. The molecule has 0 spiro atoms. The number of piperazine rings is 1. The number of carbonyl (C=O) groups is 2. The van der Waals surface area contributed by atoms with Gasteiger partial charge in [-0.2, -0.15) is 4.98 Å². The molecule has 6 rings (SSSR count). The summed E-state index contributed by atoms with van der Waals surface area (Å²) >= 11 is 0. The fourth-order valence-corrected chi connectivity index (χ4v) is 4.99. The molecule has 1 aliphatic rings. The van der Waals surface area contributed by atoms with Crippen molar-refractivity contribution in [1.29, 1.82) is 0 Å². The Morgan fingerprint density at radius 3 is 2.07 bits per heavy atom. The molecule has 8 heteroatoms. The van der Waals surface area contributed by atoms with Crippen molar-refractivity contribution in [3.05, 3.63) is 142 Å². The van der Waals surface area contributed by atoms with Crippen LogP contribution in [-0.2, 0) is 6.61 Å². The third kappa shape index (κ3) is 5.45. The molecule has 0 unspecified atom stereocenters. The maximum absolute atomic E-state index is 13.7. The highest BCUT2D eigenvalue weighted by Gasteiger charge is 2.25. The number of amides is 1. The zero-order chi connectivity index (χ0) is 28.2. The Balaban J connectivity index is 1.22. The number of aromatic nitrogens is 2. The van der Waals surface area contributed by atoms with Gasteiger partial charge >= 0.3 is 0 Å². The zero-order valence-electron chi connectivity index (χ0n) is 22.3. The molecule has 41 heavy (non-hydrogen) atoms. The molecule has 5 aromatic rings. The Bertz CT molecular complexity index is 1740. The highest BCUT2D eigenvalue weighted by molar-refractivity contribution is 6.10. The topological polar surface area (TPSA) is 84.2 Å². The molecule has 1 fully saturated rings. The van der Waals surface area contributed by atoms with Crippen LogP contribution in [0, 0.1) is 0 Å². The summed E-state index contributed by atoms with van der Waals surface area (Å²) in [4.78, 5) is 48.9. The molecule has 3 heterocycles. The van der Waals surface area contributed by atoms with Crippen LogP contribution in [0.4, 0.5) is 5.69 Å². The summed E-state index contributed by atoms with van der Waals surface area (Å²) in [6.07, 6.45) is 1.57. The van der Waals surface area contributed by atoms with Crippen molar-refractivity contribution < 1.29 is 14.3 Å². The van der Waals surface area contributed by atoms with Crippen LogP contribution in [0.15, 0.2) is 114 Å². The average Bonchev–Trinajstić information content (AvgIpc) is 3.04. The first-order valence-electron chi connectivity index (χ1n) is 13.5. The smallest absolute Gasteiger partial charge is 0.273 e. The summed E-state index contributed by atoms with van der Waals surface area (Å²) in [5.74, 6) is -0.623. The average molecular weight is 545 g/mol. The van der Waals surface area contributed by atoms with E-state index in [9.17, 15) is 14.4 Å². The van der Waals surface area contributed by atoms with Crippen molar-refractivity contribution in [3.8, 4) is 5.88 Å². The van der Waals surface area contributed by atoms with E-state index in [-0.39, 0.29) is 29.5 Å². The summed E-state index contributed by atoms with van der Waals surface area (Å²) in [6, 6.07) is 31.2. The molecular formula is C33H28N4O4. The number of carbonyl (C=O) groups excluding carboxylic acids is 2. The van der Waals surface area contributed by atoms with Crippen LogP contribution >= 0.6 is 0 Å². The first kappa shape index (κ1) is 26.0. The molecule has 0 saturated carbocycles. The van der Waals surface area contributed by atoms with Crippen LogP contribution in [0.1, 0.15) is 31.8 Å². The van der Waals surface area contributed by atoms with Gasteiger partial charge in [-0.05, 0) is 42.0 Å². The molecule has 1 saturated heterocycles. The number of hydrogen-bond acceptors (Lipinski definition) is 6. The van der Waals surface area contributed by atoms with Crippen LogP contribution < -0.4 is 15.2 Å². The van der Waals surface area contributed by atoms with Gasteiger partial charge in [0, 0.05) is 49.2 Å². The normalized spacial score (nSPS) is 13.3. The van der Waals surface area contributed by atoms with E-state index in [1.165, 1.54) is 4.40 Å². The Hall–Kier alpha value is -5.24. The highest BCUT2D eigenvalue weighted by atomic mass is 16.5. The lowest BCUT2D eigenvalue weighted by Crippen LogP contribution is -2.48. The lowest BCUT2D eigenvalue weighted by atomic mass is 10.0. The standard InChI is InChI=1S/C33H28N4O4/c38-30(29-31(41-23-24-9-3-1-4-10-24)34-28-13-7-8-18-37(28)33(29)40)25-14-16-26(17-15-25)32(39)36-21-19-35(20-22-36)27-11-5-2-6-12-27/h1-18H,19-23H2. The summed E-state index contributed by atoms with van der Waals surface area (Å²) in [5.41, 5.74) is 2.51. The molecule has 8 nitrogen and oxygen atoms in total. The van der Waals surface area contributed by atoms with E-state index in [0.717, 1.165) is 24.3 Å². The van der Waals surface area contributed by atoms with Crippen molar-refractivity contribution in [1.82, 2.24) is 14.3 Å². The number of rotatable bonds is 7. The fourth-order valence-electron chi connectivity index (χ4n) is 4.99. The molecule has 0 atom stereocenters. The number of ether oxygens (including phenoxy) is 1. The van der Waals surface area contributed by atoms with Crippen LogP contribution in [0.2, 0.25) is 0 Å². The van der Waals surface area contributed by atoms with E-state index in [2.05, 4.69) is 22.0 Å². The largest absolute Gasteiger partial charge is 0.472 e. The van der Waals surface area contributed by atoms with Gasteiger partial charge in [0.2, 0.25) is 11.7 Å². The van der Waals surface area contributed by atoms with Gasteiger partial charge in [-0.25, -0.2) is 0 Å². The number of anilines is 1. The molecule has 204 valence electrons. The predicted octanol–water partition coefficient (Wildman–Crippen LogP) is 4.47. The minimum absolute atomic E-state index is 0.0218. The summed E-state index contributed by atoms with van der Waals surface area (Å²) < 4.78 is 7.26. The van der Waals surface area contributed by atoms with Crippen molar-refractivity contribution in [3.63, 3.8) is 0 Å². The third-order valence-electron chi connectivity index (χ3n) is 7.23. The molecule has 1 aliphatic heterocycles. The second-order valence-electron chi connectivity index (χ2n) is 9.82. The Morgan fingerprint density at radius 1 is 0.732 bits per heavy atom. The van der Waals surface area contributed by atoms with Gasteiger partial charge in [0.1, 0.15) is 12.3 Å². The van der Waals surface area contributed by atoms with Crippen molar-refractivity contribution in [2.75, 3.05) is 31.1 Å². The molecule has 3 aromatic carbocycles. The lowest BCUT2D eigenvalue weighted by molar-refractivity contribution is 0.0746. The van der Waals surface area contributed by atoms with Crippen LogP contribution in [0.3, 0.4) is 0 Å². The number of benzene rings is 3. The second kappa shape index (κ2) is 11.5. The number of nitrogens with zero attached hydrogens (tertiary/aromatic N) is 4. The molecule has 0 N–H and O–H groups in total. The molecule has 2 aromatic heterocycles. The van der Waals surface area contributed by atoms with E-state index >= 15 is 0 Å². The number of ketones is 1. The maximum Gasteiger partial charge on any atom is 0.273 e. The van der Waals surface area contributed by atoms with Gasteiger partial charge < -0.3 is 14.5 Å². The monoisotopic (exact) mass is 544 g/mol. The predicted molar refractivity (Wildman–Crippen MR) is 157 cm³/mol. The van der Waals surface area contributed by atoms with E-state index in [0.29, 0.717) is 24.3 Å². The number of para-hydroxylation sites is 1. The van der Waals surface area contributed by atoms with Crippen LogP contribution in [0.25, 0.3) is 5.65 Å². The Labute approximate surface area is 237 Å². The SMILES string of the molecule is O=C(c1ccc(C(=O)N2CCN(c3ccccc3)CC2)cc1)c1c(OCc2ccccc2)nc2ccccn2c1=O. The van der Waals surface area contributed by atoms with E-state index in [4.69, 9.17) is 4.74 Å². The van der Waals surface area contributed by atoms with E-state index < -0.39 is 11.3 Å². The quantitative estimate of drug-likeness (QED) is 0.281. The molecule has 0 bridgehead atoms. The first-order valence-corrected chi connectivity index (χ1v) is 13.5. The highest BCUT2D eigenvalue weighted by Crippen LogP contribution is 2.21.